The number of para-hydroxylation sites is 2. The van der Waals surface area contributed by atoms with Gasteiger partial charge < -0.3 is 10.6 Å². The summed E-state index contributed by atoms with van der Waals surface area (Å²) in [5.41, 5.74) is 1.43. The molecule has 8 heteroatoms. The highest BCUT2D eigenvalue weighted by atomic mass is 16.6. The lowest BCUT2D eigenvalue weighted by atomic mass is 10.1. The molecule has 4 atom stereocenters. The van der Waals surface area contributed by atoms with E-state index in [9.17, 15) is 20.0 Å². The van der Waals surface area contributed by atoms with Crippen LogP contribution in [0, 0.1) is 0 Å². The summed E-state index contributed by atoms with van der Waals surface area (Å²) in [4.78, 5) is 25.7. The maximum Gasteiger partial charge on any atom is 0.285 e. The summed E-state index contributed by atoms with van der Waals surface area (Å²) in [6.45, 7) is 1.74. The highest BCUT2D eigenvalue weighted by molar-refractivity contribution is 5.94. The Morgan fingerprint density at radius 3 is 1.52 bits per heavy atom. The minimum atomic E-state index is -0.534. The number of benzene rings is 2. The number of carbonyl (C=O) groups is 2. The molecule has 2 unspecified atom stereocenters. The minimum Gasteiger partial charge on any atom is -0.321 e. The predicted molar refractivity (Wildman–Crippen MR) is 124 cm³/mol. The number of nitrogens with zero attached hydrogens (tertiary/aromatic N) is 2. The van der Waals surface area contributed by atoms with E-state index in [1.165, 1.54) is 0 Å². The van der Waals surface area contributed by atoms with Gasteiger partial charge in [-0.2, -0.15) is 9.29 Å². The van der Waals surface area contributed by atoms with Gasteiger partial charge in [-0.1, -0.05) is 36.4 Å². The zero-order valence-electron chi connectivity index (χ0n) is 18.9. The van der Waals surface area contributed by atoms with Crippen LogP contribution < -0.4 is 10.6 Å². The number of hydrogen-bond donors (Lipinski definition) is 4. The number of rotatable bonds is 8. The van der Waals surface area contributed by atoms with Crippen LogP contribution in [-0.4, -0.2) is 69.8 Å². The quantitative estimate of drug-likeness (QED) is 0.460. The van der Waals surface area contributed by atoms with Crippen LogP contribution in [0.4, 0.5) is 11.4 Å². The molecule has 2 aromatic carbocycles. The van der Waals surface area contributed by atoms with Crippen LogP contribution in [0.3, 0.4) is 0 Å². The highest BCUT2D eigenvalue weighted by Crippen LogP contribution is 2.29. The number of carbonyl (C=O) groups excluding carboxylic acids is 2. The van der Waals surface area contributed by atoms with E-state index in [2.05, 4.69) is 10.6 Å². The largest absolute Gasteiger partial charge is 0.321 e. The summed E-state index contributed by atoms with van der Waals surface area (Å²) in [7, 11) is 0. The second-order valence-corrected chi connectivity index (χ2v) is 9.25. The fraction of sp³-hybridized carbons (Fsp3) is 0.440. The Morgan fingerprint density at radius 2 is 1.12 bits per heavy atom. The predicted octanol–water partition coefficient (Wildman–Crippen LogP) is 3.39. The number of nitrogens with one attached hydrogen (secondary N) is 2. The van der Waals surface area contributed by atoms with Gasteiger partial charge in [-0.15, -0.1) is 0 Å². The van der Waals surface area contributed by atoms with Crippen molar-refractivity contribution < 1.29 is 29.3 Å². The molecule has 4 rings (SSSR count). The van der Waals surface area contributed by atoms with Crippen LogP contribution >= 0.6 is 0 Å². The average Bonchev–Trinajstić information content (AvgIpc) is 3.38. The standard InChI is InChI=1S/C25H32N4O4/c30-24(26-20-10-3-1-4-11-20)22-14-7-16-28(22,32)18-9-19-29(33)17-8-15-23(29)25(31)27-21-12-5-2-6-13-21/h1-6,10-13,22-23,32-33H,7-9,14-19H2/p+2/t22-,23-,28?,29?/m0/s1. The molecule has 2 aliphatic rings. The Hall–Kier alpha value is -2.78. The van der Waals surface area contributed by atoms with E-state index in [0.29, 0.717) is 56.8 Å². The summed E-state index contributed by atoms with van der Waals surface area (Å²) in [6.07, 6.45) is 3.29. The summed E-state index contributed by atoms with van der Waals surface area (Å²) >= 11 is 0. The van der Waals surface area contributed by atoms with Gasteiger partial charge in [0.15, 0.2) is 12.1 Å². The van der Waals surface area contributed by atoms with Crippen molar-refractivity contribution in [3.63, 3.8) is 0 Å². The van der Waals surface area contributed by atoms with E-state index in [-0.39, 0.29) is 21.1 Å². The number of likely N-dealkylation sites (tertiary alicyclic amines) is 2. The summed E-state index contributed by atoms with van der Waals surface area (Å²) < 4.78 is -0.640. The van der Waals surface area contributed by atoms with Crippen LogP contribution in [0.25, 0.3) is 0 Å². The molecule has 4 N–H and O–H groups in total. The molecule has 0 bridgehead atoms. The lowest BCUT2D eigenvalue weighted by Gasteiger charge is -2.34. The van der Waals surface area contributed by atoms with Crippen molar-refractivity contribution in [3.8, 4) is 0 Å². The van der Waals surface area contributed by atoms with E-state index in [4.69, 9.17) is 0 Å². The summed E-state index contributed by atoms with van der Waals surface area (Å²) in [5.74, 6) is -0.370. The van der Waals surface area contributed by atoms with Gasteiger partial charge in [-0.25, -0.2) is 10.4 Å². The van der Waals surface area contributed by atoms with Crippen LogP contribution in [0.5, 0.6) is 0 Å². The summed E-state index contributed by atoms with van der Waals surface area (Å²) in [5, 5.41) is 28.3. The molecule has 0 aromatic heterocycles. The molecular weight excluding hydrogens is 420 g/mol. The smallest absolute Gasteiger partial charge is 0.285 e. The van der Waals surface area contributed by atoms with Crippen LogP contribution in [0.1, 0.15) is 32.1 Å². The van der Waals surface area contributed by atoms with Crippen molar-refractivity contribution in [2.24, 2.45) is 0 Å². The first kappa shape index (κ1) is 23.4. The van der Waals surface area contributed by atoms with Gasteiger partial charge in [0.2, 0.25) is 0 Å². The number of amides is 2. The molecule has 8 nitrogen and oxygen atoms in total. The number of anilines is 2. The molecule has 0 radical (unpaired) electrons. The SMILES string of the molecule is O=C(Nc1ccccc1)[C@@H]1CCC[N+]1(O)CCC[N+]1(O)CCC[C@H]1C(=O)Nc1ccccc1. The van der Waals surface area contributed by atoms with Crippen molar-refractivity contribution in [3.05, 3.63) is 60.7 Å². The van der Waals surface area contributed by atoms with Gasteiger partial charge in [0.25, 0.3) is 11.8 Å². The molecule has 33 heavy (non-hydrogen) atoms. The molecule has 2 amide bonds. The first-order valence-corrected chi connectivity index (χ1v) is 11.8. The Bertz CT molecular complexity index is 880. The van der Waals surface area contributed by atoms with Crippen molar-refractivity contribution in [2.45, 2.75) is 44.2 Å². The lowest BCUT2D eigenvalue weighted by molar-refractivity contribution is -1.12. The third kappa shape index (κ3) is 5.42. The van der Waals surface area contributed by atoms with Crippen LogP contribution in [0.15, 0.2) is 60.7 Å². The molecule has 2 saturated heterocycles. The van der Waals surface area contributed by atoms with Crippen molar-refractivity contribution >= 4 is 23.2 Å². The van der Waals surface area contributed by atoms with Gasteiger partial charge in [0.1, 0.15) is 26.2 Å². The van der Waals surface area contributed by atoms with Crippen molar-refractivity contribution in [2.75, 3.05) is 36.8 Å². The molecule has 0 saturated carbocycles. The molecule has 0 spiro atoms. The topological polar surface area (TPSA) is 98.7 Å². The maximum absolute atomic E-state index is 12.8. The Kier molecular flexibility index (Phi) is 7.09. The lowest BCUT2D eigenvalue weighted by Crippen LogP contribution is -2.57. The van der Waals surface area contributed by atoms with E-state index >= 15 is 0 Å². The third-order valence-corrected chi connectivity index (χ3v) is 6.98. The van der Waals surface area contributed by atoms with Gasteiger partial charge >= 0.3 is 0 Å². The fourth-order valence-corrected chi connectivity index (χ4v) is 5.26. The first-order valence-electron chi connectivity index (χ1n) is 11.8. The Labute approximate surface area is 194 Å². The number of hydroxylamine groups is 6. The van der Waals surface area contributed by atoms with E-state index in [0.717, 1.165) is 12.8 Å². The van der Waals surface area contributed by atoms with E-state index in [1.807, 2.05) is 60.7 Å². The molecule has 0 aliphatic carbocycles. The van der Waals surface area contributed by atoms with Crippen molar-refractivity contribution in [1.29, 1.82) is 0 Å². The highest BCUT2D eigenvalue weighted by Gasteiger charge is 2.49. The monoisotopic (exact) mass is 454 g/mol. The first-order chi connectivity index (χ1) is 15.9. The molecule has 2 heterocycles. The van der Waals surface area contributed by atoms with Crippen LogP contribution in [0.2, 0.25) is 0 Å². The van der Waals surface area contributed by atoms with Gasteiger partial charge in [0.05, 0.1) is 6.42 Å². The second kappa shape index (κ2) is 10.0. The summed E-state index contributed by atoms with van der Waals surface area (Å²) in [6, 6.07) is 17.4. The normalized spacial score (nSPS) is 29.0. The zero-order valence-corrected chi connectivity index (χ0v) is 18.9. The Balaban J connectivity index is 1.33. The van der Waals surface area contributed by atoms with Gasteiger partial charge in [-0.05, 0) is 24.3 Å². The zero-order chi connectivity index (χ0) is 23.3. The second-order valence-electron chi connectivity index (χ2n) is 9.25. The van der Waals surface area contributed by atoms with Crippen LogP contribution in [-0.2, 0) is 9.59 Å². The van der Waals surface area contributed by atoms with E-state index in [1.54, 1.807) is 0 Å². The molecule has 2 aliphatic heterocycles. The van der Waals surface area contributed by atoms with Crippen molar-refractivity contribution in [1.82, 2.24) is 0 Å². The third-order valence-electron chi connectivity index (χ3n) is 6.98. The fourth-order valence-electron chi connectivity index (χ4n) is 5.26. The van der Waals surface area contributed by atoms with E-state index < -0.39 is 12.1 Å². The van der Waals surface area contributed by atoms with Gasteiger partial charge in [0, 0.05) is 37.1 Å². The molecule has 2 aromatic rings. The molecule has 176 valence electrons. The number of quaternary nitrogens is 2. The maximum atomic E-state index is 12.8. The molecular formula is C25H34N4O4+2. The Morgan fingerprint density at radius 1 is 0.727 bits per heavy atom. The number of hydrogen-bond acceptors (Lipinski definition) is 4. The minimum absolute atomic E-state index is 0.185. The average molecular weight is 455 g/mol. The van der Waals surface area contributed by atoms with Gasteiger partial charge in [-0.3, -0.25) is 9.59 Å². The molecule has 2 fully saturated rings.